The summed E-state index contributed by atoms with van der Waals surface area (Å²) in [6, 6.07) is 46.3. The van der Waals surface area contributed by atoms with Gasteiger partial charge in [-0.2, -0.15) is 0 Å². The van der Waals surface area contributed by atoms with Crippen LogP contribution in [0.5, 0.6) is 0 Å². The molecule has 5 aromatic carbocycles. The van der Waals surface area contributed by atoms with Crippen LogP contribution in [-0.2, 0) is 23.3 Å². The Labute approximate surface area is 258 Å². The Morgan fingerprint density at radius 1 is 0.750 bits per heavy atom. The number of imidazole rings is 1. The zero-order chi connectivity index (χ0) is 29.9. The first-order chi connectivity index (χ1) is 21.7. The van der Waals surface area contributed by atoms with Crippen LogP contribution in [0, 0.1) is 6.92 Å². The number of fused-ring (bicyclic) bond motifs is 1. The van der Waals surface area contributed by atoms with E-state index in [2.05, 4.69) is 150 Å². The molecule has 5 heteroatoms. The van der Waals surface area contributed by atoms with Crippen molar-refractivity contribution < 1.29 is 4.79 Å². The molecule has 5 nitrogen and oxygen atoms in total. The monoisotopic (exact) mass is 576 g/mol. The molecular weight excluding hydrogens is 540 g/mol. The molecule has 1 aliphatic heterocycles. The standard InChI is InChI=1S/C39H36N4O/c1-29-37(27-42-25-24-40-36(38(42)44)26-31-16-13-15-30-14-11-12-23-35(30)31)43(28-41-29)39(32-17-5-2-6-18-32,33-19-7-3-8-20-33)34-21-9-4-10-22-34/h2-23,28,36,40H,24-27H2,1H3/t36-/m0/s1. The van der Waals surface area contributed by atoms with E-state index in [1.54, 1.807) is 0 Å². The minimum Gasteiger partial charge on any atom is -0.334 e. The third-order valence-electron chi connectivity index (χ3n) is 9.04. The van der Waals surface area contributed by atoms with Gasteiger partial charge < -0.3 is 14.8 Å². The highest BCUT2D eigenvalue weighted by molar-refractivity contribution is 5.88. The molecule has 0 bridgehead atoms. The van der Waals surface area contributed by atoms with Gasteiger partial charge in [0.2, 0.25) is 5.91 Å². The highest BCUT2D eigenvalue weighted by Crippen LogP contribution is 2.42. The number of nitrogens with zero attached hydrogens (tertiary/aromatic N) is 3. The molecular formula is C39H36N4O. The predicted molar refractivity (Wildman–Crippen MR) is 176 cm³/mol. The van der Waals surface area contributed by atoms with Gasteiger partial charge in [-0.1, -0.05) is 133 Å². The molecule has 0 radical (unpaired) electrons. The number of carbonyl (C=O) groups is 1. The molecule has 1 N–H and O–H groups in total. The van der Waals surface area contributed by atoms with Crippen LogP contribution in [0.3, 0.4) is 0 Å². The third kappa shape index (κ3) is 4.89. The van der Waals surface area contributed by atoms with E-state index in [-0.39, 0.29) is 11.9 Å². The lowest BCUT2D eigenvalue weighted by atomic mass is 9.76. The first-order valence-corrected chi connectivity index (χ1v) is 15.3. The van der Waals surface area contributed by atoms with Gasteiger partial charge in [0, 0.05) is 13.1 Å². The molecule has 218 valence electrons. The molecule has 1 saturated heterocycles. The predicted octanol–water partition coefficient (Wildman–Crippen LogP) is 6.73. The summed E-state index contributed by atoms with van der Waals surface area (Å²) in [5.74, 6) is 0.126. The van der Waals surface area contributed by atoms with E-state index in [4.69, 9.17) is 4.98 Å². The first-order valence-electron chi connectivity index (χ1n) is 15.3. The molecule has 1 aliphatic rings. The van der Waals surface area contributed by atoms with Gasteiger partial charge in [-0.25, -0.2) is 4.98 Å². The zero-order valence-corrected chi connectivity index (χ0v) is 24.9. The Morgan fingerprint density at radius 2 is 1.32 bits per heavy atom. The Morgan fingerprint density at radius 3 is 1.95 bits per heavy atom. The van der Waals surface area contributed by atoms with E-state index in [0.29, 0.717) is 19.5 Å². The number of piperazine rings is 1. The summed E-state index contributed by atoms with van der Waals surface area (Å²) in [4.78, 5) is 21.0. The van der Waals surface area contributed by atoms with Crippen LogP contribution in [0.25, 0.3) is 10.8 Å². The molecule has 0 spiro atoms. The van der Waals surface area contributed by atoms with Crippen molar-refractivity contribution in [3.63, 3.8) is 0 Å². The van der Waals surface area contributed by atoms with Gasteiger partial charge in [0.15, 0.2) is 0 Å². The fraction of sp³-hybridized carbons (Fsp3) is 0.179. The van der Waals surface area contributed by atoms with Crippen LogP contribution >= 0.6 is 0 Å². The van der Waals surface area contributed by atoms with E-state index >= 15 is 0 Å². The minimum atomic E-state index is -0.681. The van der Waals surface area contributed by atoms with Gasteiger partial charge in [-0.15, -0.1) is 0 Å². The van der Waals surface area contributed by atoms with Gasteiger partial charge in [0.05, 0.1) is 30.3 Å². The van der Waals surface area contributed by atoms with E-state index in [9.17, 15) is 4.79 Å². The molecule has 1 aromatic heterocycles. The largest absolute Gasteiger partial charge is 0.334 e. The lowest BCUT2D eigenvalue weighted by Gasteiger charge is -2.40. The maximum Gasteiger partial charge on any atom is 0.240 e. The van der Waals surface area contributed by atoms with Crippen molar-refractivity contribution in [1.82, 2.24) is 19.8 Å². The average Bonchev–Trinajstić information content (AvgIpc) is 3.44. The summed E-state index contributed by atoms with van der Waals surface area (Å²) in [6.45, 7) is 3.92. The van der Waals surface area contributed by atoms with Crippen LogP contribution in [0.2, 0.25) is 0 Å². The molecule has 0 saturated carbocycles. The number of amides is 1. The maximum absolute atomic E-state index is 14.1. The van der Waals surface area contributed by atoms with Gasteiger partial charge in [-0.3, -0.25) is 4.79 Å². The van der Waals surface area contributed by atoms with Crippen molar-refractivity contribution in [3.8, 4) is 0 Å². The van der Waals surface area contributed by atoms with Crippen molar-refractivity contribution in [2.24, 2.45) is 0 Å². The number of rotatable bonds is 8. The molecule has 0 aliphatic carbocycles. The summed E-state index contributed by atoms with van der Waals surface area (Å²) in [5, 5.41) is 5.92. The Balaban J connectivity index is 1.30. The highest BCUT2D eigenvalue weighted by Gasteiger charge is 2.41. The summed E-state index contributed by atoms with van der Waals surface area (Å²) < 4.78 is 2.30. The normalized spacial score (nSPS) is 15.5. The number of nitrogens with one attached hydrogen (secondary N) is 1. The third-order valence-corrected chi connectivity index (χ3v) is 9.04. The van der Waals surface area contributed by atoms with E-state index in [0.717, 1.165) is 34.6 Å². The molecule has 7 rings (SSSR count). The second kappa shape index (κ2) is 11.9. The first kappa shape index (κ1) is 27.8. The van der Waals surface area contributed by atoms with Crippen LogP contribution in [-0.4, -0.2) is 39.5 Å². The van der Waals surface area contributed by atoms with Crippen molar-refractivity contribution in [3.05, 3.63) is 173 Å². The van der Waals surface area contributed by atoms with Crippen LogP contribution in [0.15, 0.2) is 140 Å². The fourth-order valence-electron chi connectivity index (χ4n) is 6.88. The smallest absolute Gasteiger partial charge is 0.240 e. The maximum atomic E-state index is 14.1. The average molecular weight is 577 g/mol. The minimum absolute atomic E-state index is 0.126. The Kier molecular flexibility index (Phi) is 7.55. The van der Waals surface area contributed by atoms with Crippen LogP contribution < -0.4 is 5.32 Å². The van der Waals surface area contributed by atoms with Gasteiger partial charge in [0.1, 0.15) is 5.54 Å². The van der Waals surface area contributed by atoms with E-state index < -0.39 is 5.54 Å². The number of benzene rings is 5. The van der Waals surface area contributed by atoms with E-state index in [1.165, 1.54) is 16.3 Å². The van der Waals surface area contributed by atoms with Crippen molar-refractivity contribution in [2.45, 2.75) is 31.5 Å². The summed E-state index contributed by atoms with van der Waals surface area (Å²) in [7, 11) is 0. The van der Waals surface area contributed by atoms with Gasteiger partial charge in [-0.05, 0) is 46.4 Å². The summed E-state index contributed by atoms with van der Waals surface area (Å²) in [6.07, 6.45) is 2.61. The summed E-state index contributed by atoms with van der Waals surface area (Å²) in [5.41, 5.74) is 5.87. The van der Waals surface area contributed by atoms with Crippen molar-refractivity contribution >= 4 is 16.7 Å². The Hall–Kier alpha value is -5.00. The topological polar surface area (TPSA) is 50.2 Å². The lowest BCUT2D eigenvalue weighted by Crippen LogP contribution is -2.55. The molecule has 1 atom stereocenters. The van der Waals surface area contributed by atoms with Crippen molar-refractivity contribution in [1.29, 1.82) is 0 Å². The number of hydrogen-bond donors (Lipinski definition) is 1. The second-order valence-corrected chi connectivity index (χ2v) is 11.6. The van der Waals surface area contributed by atoms with Crippen molar-refractivity contribution in [2.75, 3.05) is 13.1 Å². The Bertz CT molecular complexity index is 1780. The highest BCUT2D eigenvalue weighted by atomic mass is 16.2. The quantitative estimate of drug-likeness (QED) is 0.205. The SMILES string of the molecule is Cc1ncn(C(c2ccccc2)(c2ccccc2)c2ccccc2)c1CN1CCN[C@@H](Cc2cccc3ccccc23)C1=O. The summed E-state index contributed by atoms with van der Waals surface area (Å²) >= 11 is 0. The lowest BCUT2D eigenvalue weighted by molar-refractivity contribution is -0.136. The van der Waals surface area contributed by atoms with Crippen LogP contribution in [0.1, 0.15) is 33.6 Å². The second-order valence-electron chi connectivity index (χ2n) is 11.6. The number of carbonyl (C=O) groups excluding carboxylic acids is 1. The fourth-order valence-corrected chi connectivity index (χ4v) is 6.88. The van der Waals surface area contributed by atoms with Gasteiger partial charge in [0.25, 0.3) is 0 Å². The molecule has 6 aromatic rings. The number of hydrogen-bond acceptors (Lipinski definition) is 3. The molecule has 1 fully saturated rings. The van der Waals surface area contributed by atoms with Crippen LogP contribution in [0.4, 0.5) is 0 Å². The van der Waals surface area contributed by atoms with E-state index in [1.807, 2.05) is 11.2 Å². The molecule has 44 heavy (non-hydrogen) atoms. The molecule has 1 amide bonds. The molecule has 0 unspecified atom stereocenters. The van der Waals surface area contributed by atoms with Gasteiger partial charge >= 0.3 is 0 Å². The zero-order valence-electron chi connectivity index (χ0n) is 24.9. The molecule has 2 heterocycles. The number of aryl methyl sites for hydroxylation is 1. The number of aromatic nitrogens is 2.